The summed E-state index contributed by atoms with van der Waals surface area (Å²) in [6.07, 6.45) is 1.59. The largest absolute Gasteiger partial charge is 0.321 e. The monoisotopic (exact) mass is 363 g/mol. The number of nitrogens with one attached hydrogen (secondary N) is 2. The van der Waals surface area contributed by atoms with Gasteiger partial charge in [-0.15, -0.1) is 22.7 Å². The summed E-state index contributed by atoms with van der Waals surface area (Å²) in [5, 5.41) is 9.86. The summed E-state index contributed by atoms with van der Waals surface area (Å²) in [5.41, 5.74) is 0.666. The second-order valence-corrected chi connectivity index (χ2v) is 6.69. The zero-order chi connectivity index (χ0) is 16.2. The van der Waals surface area contributed by atoms with Gasteiger partial charge in [-0.3, -0.25) is 14.9 Å². The highest BCUT2D eigenvalue weighted by atomic mass is 35.5. The zero-order valence-electron chi connectivity index (χ0n) is 11.6. The van der Waals surface area contributed by atoms with Gasteiger partial charge >= 0.3 is 0 Å². The Morgan fingerprint density at radius 2 is 1.91 bits per heavy atom. The van der Waals surface area contributed by atoms with Gasteiger partial charge in [-0.05, 0) is 29.6 Å². The quantitative estimate of drug-likeness (QED) is 0.723. The number of amides is 2. The van der Waals surface area contributed by atoms with Gasteiger partial charge in [0.15, 0.2) is 5.13 Å². The molecule has 0 saturated carbocycles. The van der Waals surface area contributed by atoms with E-state index in [4.69, 9.17) is 11.6 Å². The molecule has 0 unspecified atom stereocenters. The number of thiophene rings is 1. The van der Waals surface area contributed by atoms with Crippen molar-refractivity contribution in [2.45, 2.75) is 0 Å². The van der Waals surface area contributed by atoms with E-state index in [1.54, 1.807) is 35.8 Å². The second-order valence-electron chi connectivity index (χ2n) is 4.41. The van der Waals surface area contributed by atoms with Crippen molar-refractivity contribution in [3.63, 3.8) is 0 Å². The van der Waals surface area contributed by atoms with Gasteiger partial charge in [-0.1, -0.05) is 17.7 Å². The lowest BCUT2D eigenvalue weighted by Crippen LogP contribution is -2.17. The number of hydrogen-bond donors (Lipinski definition) is 2. The molecule has 0 radical (unpaired) electrons. The van der Waals surface area contributed by atoms with Crippen LogP contribution in [0.3, 0.4) is 0 Å². The van der Waals surface area contributed by atoms with Gasteiger partial charge in [0.25, 0.3) is 11.8 Å². The number of aromatic nitrogens is 1. The van der Waals surface area contributed by atoms with E-state index in [2.05, 4.69) is 15.6 Å². The number of nitrogens with zero attached hydrogens (tertiary/aromatic N) is 1. The molecule has 2 N–H and O–H groups in total. The molecule has 0 atom stereocenters. The van der Waals surface area contributed by atoms with Crippen molar-refractivity contribution >= 4 is 56.9 Å². The SMILES string of the molecule is O=C(Nc1ccc(Cl)cc1C(=O)Nc1nccs1)c1cccs1. The first-order chi connectivity index (χ1) is 11.1. The third-order valence-electron chi connectivity index (χ3n) is 2.87. The lowest BCUT2D eigenvalue weighted by atomic mass is 10.1. The fourth-order valence-electron chi connectivity index (χ4n) is 1.85. The molecule has 0 saturated heterocycles. The number of carbonyl (C=O) groups excluding carboxylic acids is 2. The van der Waals surface area contributed by atoms with E-state index < -0.39 is 0 Å². The lowest BCUT2D eigenvalue weighted by Gasteiger charge is -2.10. The van der Waals surface area contributed by atoms with Gasteiger partial charge in [-0.2, -0.15) is 0 Å². The Morgan fingerprint density at radius 3 is 2.61 bits per heavy atom. The van der Waals surface area contributed by atoms with E-state index in [-0.39, 0.29) is 17.4 Å². The standard InChI is InChI=1S/C15H10ClN3O2S2/c16-9-3-4-11(18-14(21)12-2-1-6-22-12)10(8-9)13(20)19-15-17-5-7-23-15/h1-8H,(H,18,21)(H,17,19,20). The molecule has 0 aliphatic carbocycles. The number of benzene rings is 1. The molecule has 0 fully saturated rings. The van der Waals surface area contributed by atoms with Crippen molar-refractivity contribution in [3.8, 4) is 0 Å². The molecule has 2 aromatic heterocycles. The van der Waals surface area contributed by atoms with Crippen LogP contribution in [0.15, 0.2) is 47.3 Å². The van der Waals surface area contributed by atoms with E-state index in [1.807, 2.05) is 5.38 Å². The number of halogens is 1. The van der Waals surface area contributed by atoms with Crippen LogP contribution in [-0.2, 0) is 0 Å². The summed E-state index contributed by atoms with van der Waals surface area (Å²) >= 11 is 8.61. The van der Waals surface area contributed by atoms with Crippen LogP contribution in [0.5, 0.6) is 0 Å². The molecule has 8 heteroatoms. The van der Waals surface area contributed by atoms with Crippen molar-refractivity contribution in [1.82, 2.24) is 4.98 Å². The van der Waals surface area contributed by atoms with Crippen LogP contribution in [0, 0.1) is 0 Å². The number of rotatable bonds is 4. The summed E-state index contributed by atoms with van der Waals surface area (Å²) in [6, 6.07) is 8.23. The van der Waals surface area contributed by atoms with Gasteiger partial charge in [0.05, 0.1) is 16.1 Å². The van der Waals surface area contributed by atoms with Crippen LogP contribution in [0.4, 0.5) is 10.8 Å². The number of thiazole rings is 1. The molecule has 0 bridgehead atoms. The Bertz CT molecular complexity index is 833. The van der Waals surface area contributed by atoms with E-state index in [0.717, 1.165) is 0 Å². The minimum atomic E-state index is -0.385. The van der Waals surface area contributed by atoms with Crippen LogP contribution >= 0.6 is 34.3 Å². The molecule has 116 valence electrons. The normalized spacial score (nSPS) is 10.3. The van der Waals surface area contributed by atoms with E-state index in [1.165, 1.54) is 28.7 Å². The first kappa shape index (κ1) is 15.7. The Kier molecular flexibility index (Phi) is 4.71. The predicted octanol–water partition coefficient (Wildman–Crippen LogP) is 4.36. The van der Waals surface area contributed by atoms with Gasteiger partial charge in [0, 0.05) is 16.6 Å². The third-order valence-corrected chi connectivity index (χ3v) is 4.66. The Labute approximate surface area is 145 Å². The summed E-state index contributed by atoms with van der Waals surface area (Å²) in [4.78, 5) is 29.1. The van der Waals surface area contributed by atoms with E-state index in [0.29, 0.717) is 20.7 Å². The molecular weight excluding hydrogens is 354 g/mol. The smallest absolute Gasteiger partial charge is 0.265 e. The summed E-state index contributed by atoms with van der Waals surface area (Å²) < 4.78 is 0. The molecular formula is C15H10ClN3O2S2. The van der Waals surface area contributed by atoms with Gasteiger partial charge < -0.3 is 5.32 Å². The van der Waals surface area contributed by atoms with Crippen LogP contribution in [0.1, 0.15) is 20.0 Å². The van der Waals surface area contributed by atoms with E-state index in [9.17, 15) is 9.59 Å². The molecule has 3 aromatic rings. The number of anilines is 2. The van der Waals surface area contributed by atoms with Crippen molar-refractivity contribution < 1.29 is 9.59 Å². The molecule has 1 aromatic carbocycles. The fourth-order valence-corrected chi connectivity index (χ4v) is 3.17. The Morgan fingerprint density at radius 1 is 1.04 bits per heavy atom. The van der Waals surface area contributed by atoms with Crippen LogP contribution in [0.25, 0.3) is 0 Å². The Hall–Kier alpha value is -2.22. The van der Waals surface area contributed by atoms with Crippen molar-refractivity contribution in [1.29, 1.82) is 0 Å². The number of hydrogen-bond acceptors (Lipinski definition) is 5. The number of carbonyl (C=O) groups is 2. The highest BCUT2D eigenvalue weighted by Crippen LogP contribution is 2.24. The molecule has 0 aliphatic heterocycles. The fraction of sp³-hybridized carbons (Fsp3) is 0. The molecule has 0 spiro atoms. The maximum Gasteiger partial charge on any atom is 0.265 e. The van der Waals surface area contributed by atoms with Gasteiger partial charge in [0.2, 0.25) is 0 Å². The van der Waals surface area contributed by atoms with Crippen LogP contribution in [-0.4, -0.2) is 16.8 Å². The van der Waals surface area contributed by atoms with Gasteiger partial charge in [0.1, 0.15) is 0 Å². The molecule has 23 heavy (non-hydrogen) atoms. The minimum Gasteiger partial charge on any atom is -0.321 e. The maximum atomic E-state index is 12.4. The second kappa shape index (κ2) is 6.91. The molecule has 0 aliphatic rings. The van der Waals surface area contributed by atoms with Crippen molar-refractivity contribution in [2.75, 3.05) is 10.6 Å². The summed E-state index contributed by atoms with van der Waals surface area (Å²) in [5.74, 6) is -0.658. The molecule has 5 nitrogen and oxygen atoms in total. The lowest BCUT2D eigenvalue weighted by molar-refractivity contribution is 0.102. The van der Waals surface area contributed by atoms with Crippen molar-refractivity contribution in [2.24, 2.45) is 0 Å². The zero-order valence-corrected chi connectivity index (χ0v) is 14.0. The molecule has 2 heterocycles. The van der Waals surface area contributed by atoms with Crippen LogP contribution < -0.4 is 10.6 Å². The summed E-state index contributed by atoms with van der Waals surface area (Å²) in [7, 11) is 0. The van der Waals surface area contributed by atoms with Crippen molar-refractivity contribution in [3.05, 3.63) is 62.8 Å². The third kappa shape index (κ3) is 3.76. The highest BCUT2D eigenvalue weighted by Gasteiger charge is 2.16. The average molecular weight is 364 g/mol. The van der Waals surface area contributed by atoms with Crippen LogP contribution in [0.2, 0.25) is 5.02 Å². The van der Waals surface area contributed by atoms with E-state index >= 15 is 0 Å². The minimum absolute atomic E-state index is 0.273. The summed E-state index contributed by atoms with van der Waals surface area (Å²) in [6.45, 7) is 0. The topological polar surface area (TPSA) is 71.1 Å². The average Bonchev–Trinajstić information content (AvgIpc) is 3.21. The molecule has 2 amide bonds. The van der Waals surface area contributed by atoms with Gasteiger partial charge in [-0.25, -0.2) is 4.98 Å². The highest BCUT2D eigenvalue weighted by molar-refractivity contribution is 7.13. The Balaban J connectivity index is 1.85. The predicted molar refractivity (Wildman–Crippen MR) is 93.8 cm³/mol. The maximum absolute atomic E-state index is 12.4. The molecule has 3 rings (SSSR count). The first-order valence-electron chi connectivity index (χ1n) is 6.49. The first-order valence-corrected chi connectivity index (χ1v) is 8.62.